The van der Waals surface area contributed by atoms with Crippen molar-refractivity contribution >= 4 is 16.9 Å². The van der Waals surface area contributed by atoms with Gasteiger partial charge in [0.15, 0.2) is 5.65 Å². The smallest absolute Gasteiger partial charge is 0.163 e. The second-order valence-corrected chi connectivity index (χ2v) is 6.49. The van der Waals surface area contributed by atoms with E-state index in [2.05, 4.69) is 39.1 Å². The van der Waals surface area contributed by atoms with Crippen molar-refractivity contribution in [2.24, 2.45) is 18.9 Å². The van der Waals surface area contributed by atoms with Gasteiger partial charge in [0.1, 0.15) is 12.1 Å². The minimum Gasteiger partial charge on any atom is -0.350 e. The van der Waals surface area contributed by atoms with Crippen LogP contribution in [-0.4, -0.2) is 44.9 Å². The monoisotopic (exact) mass is 272 g/mol. The molecule has 2 fully saturated rings. The highest BCUT2D eigenvalue weighted by molar-refractivity contribution is 5.87. The third-order valence-corrected chi connectivity index (χ3v) is 5.12. The summed E-state index contributed by atoms with van der Waals surface area (Å²) in [5.41, 5.74) is 1.02. The fraction of sp³-hybridized carbons (Fsp3) is 0.643. The molecule has 2 aromatic rings. The van der Waals surface area contributed by atoms with Crippen molar-refractivity contribution in [1.29, 1.82) is 0 Å². The summed E-state index contributed by atoms with van der Waals surface area (Å²) < 4.78 is 1.81. The van der Waals surface area contributed by atoms with Gasteiger partial charge in [0, 0.05) is 32.2 Å². The Morgan fingerprint density at radius 1 is 1.30 bits per heavy atom. The molecule has 20 heavy (non-hydrogen) atoms. The van der Waals surface area contributed by atoms with Crippen LogP contribution in [0.3, 0.4) is 0 Å². The highest BCUT2D eigenvalue weighted by Crippen LogP contribution is 2.43. The Kier molecular flexibility index (Phi) is 2.36. The molecule has 0 aliphatic carbocycles. The molecular formula is C14H20N6. The summed E-state index contributed by atoms with van der Waals surface area (Å²) in [7, 11) is 1.92. The maximum atomic E-state index is 4.57. The van der Waals surface area contributed by atoms with Crippen LogP contribution in [-0.2, 0) is 7.05 Å². The number of anilines is 1. The average molecular weight is 272 g/mol. The third-order valence-electron chi connectivity index (χ3n) is 5.12. The third kappa shape index (κ3) is 1.45. The van der Waals surface area contributed by atoms with Crippen LogP contribution in [0.5, 0.6) is 0 Å². The highest BCUT2D eigenvalue weighted by atomic mass is 15.3. The molecule has 6 nitrogen and oxygen atoms in total. The van der Waals surface area contributed by atoms with Gasteiger partial charge in [0.05, 0.1) is 11.6 Å². The average Bonchev–Trinajstić information content (AvgIpc) is 3.08. The quantitative estimate of drug-likeness (QED) is 0.832. The fourth-order valence-corrected chi connectivity index (χ4v) is 3.95. The zero-order valence-electron chi connectivity index (χ0n) is 12.2. The van der Waals surface area contributed by atoms with Crippen LogP contribution in [0.4, 0.5) is 5.82 Å². The van der Waals surface area contributed by atoms with Crippen molar-refractivity contribution in [3.8, 4) is 0 Å². The number of nitrogens with zero attached hydrogens (tertiary/aromatic N) is 5. The number of rotatable bonds is 1. The summed E-state index contributed by atoms with van der Waals surface area (Å²) in [4.78, 5) is 11.4. The molecule has 2 unspecified atom stereocenters. The number of aryl methyl sites for hydroxylation is 1. The lowest BCUT2D eigenvalue weighted by atomic mass is 9.85. The van der Waals surface area contributed by atoms with Crippen LogP contribution >= 0.6 is 0 Å². The minimum absolute atomic E-state index is 0.116. The molecule has 1 N–H and O–H groups in total. The summed E-state index contributed by atoms with van der Waals surface area (Å²) in [5, 5.41) is 8.89. The largest absolute Gasteiger partial charge is 0.350 e. The maximum Gasteiger partial charge on any atom is 0.163 e. The number of hydrogen-bond acceptors (Lipinski definition) is 5. The van der Waals surface area contributed by atoms with Crippen LogP contribution in [0.25, 0.3) is 11.0 Å². The molecule has 0 amide bonds. The standard InChI is InChI=1S/C14H20N6/c1-14(2)11-6-15-4-9(11)7-20(14)13-10-5-18-19(3)12(10)16-8-17-13/h5,8-9,11,15H,4,6-7H2,1-3H3. The predicted octanol–water partition coefficient (Wildman–Crippen LogP) is 0.797. The van der Waals surface area contributed by atoms with Crippen LogP contribution < -0.4 is 10.2 Å². The molecule has 2 aliphatic heterocycles. The Bertz CT molecular complexity index is 661. The van der Waals surface area contributed by atoms with Gasteiger partial charge in [0.2, 0.25) is 0 Å². The number of hydrogen-bond donors (Lipinski definition) is 1. The van der Waals surface area contributed by atoms with E-state index < -0.39 is 0 Å². The SMILES string of the molecule is Cn1ncc2c(N3CC4CNCC4C3(C)C)ncnc21. The Balaban J connectivity index is 1.84. The molecule has 2 saturated heterocycles. The van der Waals surface area contributed by atoms with E-state index in [1.165, 1.54) is 0 Å². The molecule has 0 spiro atoms. The van der Waals surface area contributed by atoms with Crippen molar-refractivity contribution in [2.45, 2.75) is 19.4 Å². The van der Waals surface area contributed by atoms with E-state index in [1.54, 1.807) is 6.33 Å². The summed E-state index contributed by atoms with van der Waals surface area (Å²) in [6, 6.07) is 0. The summed E-state index contributed by atoms with van der Waals surface area (Å²) in [6.07, 6.45) is 3.54. The molecule has 2 aromatic heterocycles. The van der Waals surface area contributed by atoms with Gasteiger partial charge in [-0.05, 0) is 25.7 Å². The Morgan fingerprint density at radius 3 is 2.95 bits per heavy atom. The first-order valence-electron chi connectivity index (χ1n) is 7.20. The van der Waals surface area contributed by atoms with Gasteiger partial charge in [-0.1, -0.05) is 0 Å². The Labute approximate surface area is 118 Å². The van der Waals surface area contributed by atoms with E-state index >= 15 is 0 Å². The van der Waals surface area contributed by atoms with Gasteiger partial charge in [-0.15, -0.1) is 0 Å². The fourth-order valence-electron chi connectivity index (χ4n) is 3.95. The van der Waals surface area contributed by atoms with Gasteiger partial charge in [-0.2, -0.15) is 5.10 Å². The van der Waals surface area contributed by atoms with E-state index in [-0.39, 0.29) is 5.54 Å². The van der Waals surface area contributed by atoms with Gasteiger partial charge in [0.25, 0.3) is 0 Å². The second kappa shape index (κ2) is 3.91. The number of fused-ring (bicyclic) bond motifs is 2. The van der Waals surface area contributed by atoms with Crippen LogP contribution in [0.15, 0.2) is 12.5 Å². The van der Waals surface area contributed by atoms with Crippen molar-refractivity contribution in [2.75, 3.05) is 24.5 Å². The lowest BCUT2D eigenvalue weighted by Crippen LogP contribution is -2.45. The van der Waals surface area contributed by atoms with Gasteiger partial charge >= 0.3 is 0 Å². The molecule has 0 radical (unpaired) electrons. The van der Waals surface area contributed by atoms with E-state index in [0.29, 0.717) is 11.8 Å². The predicted molar refractivity (Wildman–Crippen MR) is 77.6 cm³/mol. The van der Waals surface area contributed by atoms with Crippen molar-refractivity contribution in [3.63, 3.8) is 0 Å². The topological polar surface area (TPSA) is 58.9 Å². The Morgan fingerprint density at radius 2 is 2.15 bits per heavy atom. The van der Waals surface area contributed by atoms with Crippen LogP contribution in [0, 0.1) is 11.8 Å². The molecule has 6 heteroatoms. The van der Waals surface area contributed by atoms with Gasteiger partial charge in [-0.25, -0.2) is 9.97 Å². The normalized spacial score (nSPS) is 28.2. The van der Waals surface area contributed by atoms with E-state index in [1.807, 2.05) is 17.9 Å². The highest BCUT2D eigenvalue weighted by Gasteiger charge is 2.50. The van der Waals surface area contributed by atoms with E-state index in [9.17, 15) is 0 Å². The minimum atomic E-state index is 0.116. The molecule has 4 heterocycles. The summed E-state index contributed by atoms with van der Waals surface area (Å²) in [6.45, 7) is 7.94. The van der Waals surface area contributed by atoms with E-state index in [0.717, 1.165) is 36.5 Å². The maximum absolute atomic E-state index is 4.57. The van der Waals surface area contributed by atoms with Crippen molar-refractivity contribution < 1.29 is 0 Å². The van der Waals surface area contributed by atoms with Crippen LogP contribution in [0.2, 0.25) is 0 Å². The number of aromatic nitrogens is 4. The first-order valence-corrected chi connectivity index (χ1v) is 7.20. The molecule has 106 valence electrons. The Hall–Kier alpha value is -1.69. The molecule has 2 aliphatic rings. The molecular weight excluding hydrogens is 252 g/mol. The van der Waals surface area contributed by atoms with Crippen molar-refractivity contribution in [3.05, 3.63) is 12.5 Å². The first kappa shape index (κ1) is 12.1. The molecule has 0 saturated carbocycles. The zero-order chi connectivity index (χ0) is 13.9. The molecule has 4 rings (SSSR count). The lowest BCUT2D eigenvalue weighted by Gasteiger charge is -2.36. The first-order chi connectivity index (χ1) is 9.59. The summed E-state index contributed by atoms with van der Waals surface area (Å²) >= 11 is 0. The van der Waals surface area contributed by atoms with E-state index in [4.69, 9.17) is 0 Å². The second-order valence-electron chi connectivity index (χ2n) is 6.49. The van der Waals surface area contributed by atoms with Gasteiger partial charge in [-0.3, -0.25) is 4.68 Å². The van der Waals surface area contributed by atoms with Gasteiger partial charge < -0.3 is 10.2 Å². The lowest BCUT2D eigenvalue weighted by molar-refractivity contribution is 0.356. The van der Waals surface area contributed by atoms with Crippen molar-refractivity contribution in [1.82, 2.24) is 25.1 Å². The molecule has 2 atom stereocenters. The number of nitrogens with one attached hydrogen (secondary N) is 1. The molecule has 0 bridgehead atoms. The van der Waals surface area contributed by atoms with Crippen LogP contribution in [0.1, 0.15) is 13.8 Å². The zero-order valence-corrected chi connectivity index (χ0v) is 12.2. The molecule has 0 aromatic carbocycles. The summed E-state index contributed by atoms with van der Waals surface area (Å²) in [5.74, 6) is 2.43.